The van der Waals surface area contributed by atoms with Gasteiger partial charge in [-0.15, -0.1) is 0 Å². The fourth-order valence-corrected chi connectivity index (χ4v) is 4.17. The van der Waals surface area contributed by atoms with Gasteiger partial charge in [0.25, 0.3) is 0 Å². The molecule has 0 unspecified atom stereocenters. The van der Waals surface area contributed by atoms with Gasteiger partial charge >= 0.3 is 0 Å². The van der Waals surface area contributed by atoms with Gasteiger partial charge < -0.3 is 4.74 Å². The predicted molar refractivity (Wildman–Crippen MR) is 133 cm³/mol. The molecule has 0 radical (unpaired) electrons. The maximum atomic E-state index is 13.4. The zero-order valence-corrected chi connectivity index (χ0v) is 19.2. The Morgan fingerprint density at radius 2 is 1.52 bits per heavy atom. The molecule has 0 aliphatic rings. The van der Waals surface area contributed by atoms with Crippen molar-refractivity contribution >= 4 is 35.2 Å². The van der Waals surface area contributed by atoms with Gasteiger partial charge in [-0.1, -0.05) is 71.9 Å². The van der Waals surface area contributed by atoms with E-state index in [1.165, 1.54) is 23.9 Å². The summed E-state index contributed by atoms with van der Waals surface area (Å²) in [5.41, 5.74) is 2.35. The second-order valence-corrected chi connectivity index (χ2v) is 8.76. The lowest BCUT2D eigenvalue weighted by Crippen LogP contribution is -2.02. The molecule has 0 fully saturated rings. The first-order valence-corrected chi connectivity index (χ1v) is 11.5. The molecule has 0 heterocycles. The quantitative estimate of drug-likeness (QED) is 0.147. The molecular weight excluding hydrogens is 455 g/mol. The van der Waals surface area contributed by atoms with E-state index in [4.69, 9.17) is 16.3 Å². The molecule has 33 heavy (non-hydrogen) atoms. The van der Waals surface area contributed by atoms with Crippen LogP contribution in [0, 0.1) is 5.82 Å². The number of carbonyl (C=O) groups is 1. The van der Waals surface area contributed by atoms with E-state index < -0.39 is 0 Å². The van der Waals surface area contributed by atoms with E-state index in [1.54, 1.807) is 36.4 Å². The van der Waals surface area contributed by atoms with Crippen LogP contribution in [0.4, 0.5) is 4.39 Å². The maximum absolute atomic E-state index is 13.4. The number of benzene rings is 4. The second-order valence-electron chi connectivity index (χ2n) is 7.21. The largest absolute Gasteiger partial charge is 0.488 e. The van der Waals surface area contributed by atoms with Gasteiger partial charge in [-0.2, -0.15) is 0 Å². The van der Waals surface area contributed by atoms with Crippen LogP contribution in [0.3, 0.4) is 0 Å². The minimum atomic E-state index is -0.325. The molecule has 0 atom stereocenters. The number of para-hydroxylation sites is 1. The lowest BCUT2D eigenvalue weighted by Gasteiger charge is -2.12. The highest BCUT2D eigenvalue weighted by Gasteiger charge is 2.16. The van der Waals surface area contributed by atoms with Gasteiger partial charge in [-0.05, 0) is 66.2 Å². The Labute approximate surface area is 201 Å². The van der Waals surface area contributed by atoms with Crippen LogP contribution in [-0.2, 0) is 6.61 Å². The van der Waals surface area contributed by atoms with Crippen molar-refractivity contribution in [2.24, 2.45) is 0 Å². The van der Waals surface area contributed by atoms with E-state index >= 15 is 0 Å². The molecule has 0 aliphatic carbocycles. The van der Waals surface area contributed by atoms with Crippen molar-refractivity contribution in [1.29, 1.82) is 0 Å². The number of halogens is 2. The summed E-state index contributed by atoms with van der Waals surface area (Å²) in [5.74, 6) is 0.190. The molecule has 0 N–H and O–H groups in total. The van der Waals surface area contributed by atoms with Gasteiger partial charge in [0.15, 0.2) is 5.78 Å². The smallest absolute Gasteiger partial charge is 0.199 e. The maximum Gasteiger partial charge on any atom is 0.199 e. The minimum absolute atomic E-state index is 0.154. The highest BCUT2D eigenvalue weighted by molar-refractivity contribution is 8.04. The Kier molecular flexibility index (Phi) is 7.61. The molecule has 2 nitrogen and oxygen atoms in total. The van der Waals surface area contributed by atoms with Crippen LogP contribution in [0.2, 0.25) is 5.02 Å². The minimum Gasteiger partial charge on any atom is -0.488 e. The highest BCUT2D eigenvalue weighted by atomic mass is 35.5. The third-order valence-electron chi connectivity index (χ3n) is 4.81. The number of Topliss-reactive ketones (excluding diaryl/α,β-unsaturated/α-hetero) is 1. The summed E-state index contributed by atoms with van der Waals surface area (Å²) in [7, 11) is 0. The molecule has 0 aliphatic heterocycles. The average Bonchev–Trinajstić information content (AvgIpc) is 2.85. The first kappa shape index (κ1) is 22.8. The zero-order chi connectivity index (χ0) is 23.0. The van der Waals surface area contributed by atoms with E-state index in [0.717, 1.165) is 16.0 Å². The molecule has 0 amide bonds. The van der Waals surface area contributed by atoms with Crippen LogP contribution < -0.4 is 4.74 Å². The van der Waals surface area contributed by atoms with Gasteiger partial charge in [0.2, 0.25) is 0 Å². The predicted octanol–water partition coefficient (Wildman–Crippen LogP) is 8.07. The van der Waals surface area contributed by atoms with Crippen molar-refractivity contribution in [1.82, 2.24) is 0 Å². The van der Waals surface area contributed by atoms with E-state index in [-0.39, 0.29) is 11.6 Å². The summed E-state index contributed by atoms with van der Waals surface area (Å²) in [4.78, 5) is 14.6. The van der Waals surface area contributed by atoms with Crippen LogP contribution in [0.15, 0.2) is 113 Å². The van der Waals surface area contributed by atoms with Crippen molar-refractivity contribution in [3.05, 3.63) is 136 Å². The van der Waals surface area contributed by atoms with Crippen molar-refractivity contribution in [2.75, 3.05) is 0 Å². The fourth-order valence-electron chi connectivity index (χ4n) is 3.12. The Bertz CT molecular complexity index is 1250. The number of hydrogen-bond donors (Lipinski definition) is 0. The molecule has 164 valence electrons. The first-order chi connectivity index (χ1) is 16.1. The number of hydrogen-bond acceptors (Lipinski definition) is 3. The van der Waals surface area contributed by atoms with Crippen molar-refractivity contribution in [3.63, 3.8) is 0 Å². The monoisotopic (exact) mass is 474 g/mol. The normalized spacial score (nSPS) is 11.3. The summed E-state index contributed by atoms with van der Waals surface area (Å²) in [6, 6.07) is 30.3. The molecule has 0 spiro atoms. The first-order valence-electron chi connectivity index (χ1n) is 10.3. The van der Waals surface area contributed by atoms with E-state index in [9.17, 15) is 9.18 Å². The topological polar surface area (TPSA) is 26.3 Å². The number of ether oxygens (including phenoxy) is 1. The van der Waals surface area contributed by atoms with Gasteiger partial charge in [-0.3, -0.25) is 4.79 Å². The Balaban J connectivity index is 1.67. The number of thioether (sulfide) groups is 1. The molecule has 4 rings (SSSR count). The van der Waals surface area contributed by atoms with Gasteiger partial charge in [0.1, 0.15) is 18.2 Å². The van der Waals surface area contributed by atoms with Crippen LogP contribution in [0.5, 0.6) is 5.75 Å². The number of allylic oxidation sites excluding steroid dienone is 1. The number of carbonyl (C=O) groups excluding carboxylic acids is 1. The summed E-state index contributed by atoms with van der Waals surface area (Å²) in [6.07, 6.45) is 1.81. The molecule has 4 aromatic carbocycles. The molecule has 0 aromatic heterocycles. The molecular formula is C28H20ClFO2S. The molecule has 0 saturated heterocycles. The SMILES string of the molecule is O=C(/C(=C\c1ccccc1OCc1ccccc1)Sc1ccc(F)cc1)c1ccc(Cl)cc1. The highest BCUT2D eigenvalue weighted by Crippen LogP contribution is 2.33. The zero-order valence-electron chi connectivity index (χ0n) is 17.6. The lowest BCUT2D eigenvalue weighted by molar-refractivity contribution is 0.104. The van der Waals surface area contributed by atoms with Gasteiger partial charge in [-0.25, -0.2) is 4.39 Å². The van der Waals surface area contributed by atoms with E-state index in [1.807, 2.05) is 60.7 Å². The van der Waals surface area contributed by atoms with Gasteiger partial charge in [0, 0.05) is 21.0 Å². The van der Waals surface area contributed by atoms with E-state index in [2.05, 4.69) is 0 Å². The summed E-state index contributed by atoms with van der Waals surface area (Å²) in [6.45, 7) is 0.414. The van der Waals surface area contributed by atoms with Gasteiger partial charge in [0.05, 0.1) is 4.91 Å². The Morgan fingerprint density at radius 1 is 0.848 bits per heavy atom. The standard InChI is InChI=1S/C28H20ClFO2S/c29-23-12-10-21(11-13-23)28(31)27(33-25-16-14-24(30)15-17-25)18-22-8-4-5-9-26(22)32-19-20-6-2-1-3-7-20/h1-18H,19H2/b27-18+. The van der Waals surface area contributed by atoms with Crippen LogP contribution in [0.25, 0.3) is 6.08 Å². The van der Waals surface area contributed by atoms with Crippen molar-refractivity contribution in [3.8, 4) is 5.75 Å². The Morgan fingerprint density at radius 3 is 2.24 bits per heavy atom. The van der Waals surface area contributed by atoms with Crippen LogP contribution in [-0.4, -0.2) is 5.78 Å². The summed E-state index contributed by atoms with van der Waals surface area (Å²) >= 11 is 7.27. The summed E-state index contributed by atoms with van der Waals surface area (Å²) in [5, 5.41) is 0.558. The average molecular weight is 475 g/mol. The number of rotatable bonds is 8. The van der Waals surface area contributed by atoms with Crippen molar-refractivity contribution < 1.29 is 13.9 Å². The molecule has 0 bridgehead atoms. The molecule has 5 heteroatoms. The lowest BCUT2D eigenvalue weighted by atomic mass is 10.1. The van der Waals surface area contributed by atoms with Crippen molar-refractivity contribution in [2.45, 2.75) is 11.5 Å². The third kappa shape index (κ3) is 6.35. The fraction of sp³-hybridized carbons (Fsp3) is 0.0357. The number of ketones is 1. The van der Waals surface area contributed by atoms with Crippen LogP contribution >= 0.6 is 23.4 Å². The third-order valence-corrected chi connectivity index (χ3v) is 6.10. The second kappa shape index (κ2) is 11.0. The molecule has 4 aromatic rings. The Hall–Kier alpha value is -3.34. The van der Waals surface area contributed by atoms with Crippen LogP contribution in [0.1, 0.15) is 21.5 Å². The van der Waals surface area contributed by atoms with E-state index in [0.29, 0.717) is 27.8 Å². The summed E-state index contributed by atoms with van der Waals surface area (Å²) < 4.78 is 19.4. The molecule has 0 saturated carbocycles.